The van der Waals surface area contributed by atoms with E-state index >= 15 is 0 Å². The molecule has 1 aromatic rings. The Morgan fingerprint density at radius 1 is 1.46 bits per heavy atom. The van der Waals surface area contributed by atoms with Crippen LogP contribution in [-0.4, -0.2) is 6.61 Å². The van der Waals surface area contributed by atoms with Crippen LogP contribution in [0.2, 0.25) is 0 Å². The maximum absolute atomic E-state index is 6.00. The lowest BCUT2D eigenvalue weighted by atomic mass is 10.0. The summed E-state index contributed by atoms with van der Waals surface area (Å²) in [5.74, 6) is 0.930. The second kappa shape index (κ2) is 3.68. The molecule has 1 atom stereocenters. The Kier molecular flexibility index (Phi) is 2.56. The van der Waals surface area contributed by atoms with E-state index in [-0.39, 0.29) is 6.04 Å². The number of ether oxygens (including phenoxy) is 1. The van der Waals surface area contributed by atoms with Gasteiger partial charge in [0.2, 0.25) is 0 Å². The van der Waals surface area contributed by atoms with Gasteiger partial charge in [-0.05, 0) is 25.0 Å². The molecule has 0 saturated carbocycles. The highest BCUT2D eigenvalue weighted by Gasteiger charge is 2.15. The smallest absolute Gasteiger partial charge is 0.125 e. The lowest BCUT2D eigenvalue weighted by molar-refractivity contribution is 0.316. The summed E-state index contributed by atoms with van der Waals surface area (Å²) in [5.41, 5.74) is 7.13. The summed E-state index contributed by atoms with van der Waals surface area (Å²) in [6.45, 7) is 0.775. The highest BCUT2D eigenvalue weighted by molar-refractivity contribution is 9.10. The summed E-state index contributed by atoms with van der Waals surface area (Å²) in [6, 6.07) is 6.16. The third-order valence-electron chi connectivity index (χ3n) is 2.29. The van der Waals surface area contributed by atoms with Crippen LogP contribution in [0.3, 0.4) is 0 Å². The van der Waals surface area contributed by atoms with Gasteiger partial charge in [-0.1, -0.05) is 22.0 Å². The molecule has 1 heterocycles. The molecule has 2 nitrogen and oxygen atoms in total. The number of hydrogen-bond acceptors (Lipinski definition) is 2. The minimum atomic E-state index is 0.130. The SMILES string of the molecule is N[C@@H]1CCCOc2cc(Br)ccc21. The fraction of sp³-hybridized carbons (Fsp3) is 0.400. The van der Waals surface area contributed by atoms with Crippen LogP contribution < -0.4 is 10.5 Å². The first-order chi connectivity index (χ1) is 6.27. The molecule has 1 aliphatic heterocycles. The predicted molar refractivity (Wildman–Crippen MR) is 55.8 cm³/mol. The number of hydrogen-bond donors (Lipinski definition) is 1. The van der Waals surface area contributed by atoms with Crippen LogP contribution in [0, 0.1) is 0 Å². The Hall–Kier alpha value is -0.540. The lowest BCUT2D eigenvalue weighted by Crippen LogP contribution is -2.08. The van der Waals surface area contributed by atoms with Gasteiger partial charge in [0.1, 0.15) is 5.75 Å². The average Bonchev–Trinajstić information content (AvgIpc) is 2.28. The number of nitrogens with two attached hydrogens (primary N) is 1. The topological polar surface area (TPSA) is 35.2 Å². The number of benzene rings is 1. The molecule has 0 aromatic heterocycles. The van der Waals surface area contributed by atoms with Crippen molar-refractivity contribution in [3.8, 4) is 5.75 Å². The van der Waals surface area contributed by atoms with Gasteiger partial charge in [0.05, 0.1) is 6.61 Å². The standard InChI is InChI=1S/C10H12BrNO/c11-7-3-4-8-9(12)2-1-5-13-10(8)6-7/h3-4,6,9H,1-2,5,12H2/t9-/m1/s1. The van der Waals surface area contributed by atoms with Crippen molar-refractivity contribution in [1.29, 1.82) is 0 Å². The Balaban J connectivity index is 2.42. The van der Waals surface area contributed by atoms with Crippen LogP contribution >= 0.6 is 15.9 Å². The predicted octanol–water partition coefficient (Wildman–Crippen LogP) is 2.62. The van der Waals surface area contributed by atoms with E-state index in [2.05, 4.69) is 15.9 Å². The third-order valence-corrected chi connectivity index (χ3v) is 2.79. The lowest BCUT2D eigenvalue weighted by Gasteiger charge is -2.11. The van der Waals surface area contributed by atoms with Crippen molar-refractivity contribution in [2.75, 3.05) is 6.61 Å². The maximum Gasteiger partial charge on any atom is 0.125 e. The Morgan fingerprint density at radius 2 is 2.31 bits per heavy atom. The second-order valence-electron chi connectivity index (χ2n) is 3.28. The molecule has 0 unspecified atom stereocenters. The van der Waals surface area contributed by atoms with Gasteiger partial charge < -0.3 is 10.5 Å². The van der Waals surface area contributed by atoms with E-state index in [1.165, 1.54) is 0 Å². The molecule has 2 rings (SSSR count). The molecule has 0 fully saturated rings. The fourth-order valence-electron chi connectivity index (χ4n) is 1.58. The van der Waals surface area contributed by atoms with Gasteiger partial charge in [-0.2, -0.15) is 0 Å². The van der Waals surface area contributed by atoms with Crippen LogP contribution in [-0.2, 0) is 0 Å². The Morgan fingerprint density at radius 3 is 3.15 bits per heavy atom. The zero-order valence-corrected chi connectivity index (χ0v) is 8.88. The molecule has 70 valence electrons. The van der Waals surface area contributed by atoms with Gasteiger partial charge in [0.15, 0.2) is 0 Å². The van der Waals surface area contributed by atoms with E-state index in [0.717, 1.165) is 35.2 Å². The highest BCUT2D eigenvalue weighted by Crippen LogP contribution is 2.32. The zero-order chi connectivity index (χ0) is 9.26. The molecule has 0 amide bonds. The summed E-state index contributed by atoms with van der Waals surface area (Å²) in [4.78, 5) is 0. The van der Waals surface area contributed by atoms with Gasteiger partial charge >= 0.3 is 0 Å². The molecule has 3 heteroatoms. The summed E-state index contributed by atoms with van der Waals surface area (Å²) >= 11 is 3.42. The van der Waals surface area contributed by atoms with Crippen molar-refractivity contribution in [3.05, 3.63) is 28.2 Å². The molecule has 0 spiro atoms. The zero-order valence-electron chi connectivity index (χ0n) is 7.29. The summed E-state index contributed by atoms with van der Waals surface area (Å²) < 4.78 is 6.63. The van der Waals surface area contributed by atoms with Crippen LogP contribution in [0.5, 0.6) is 5.75 Å². The molecular weight excluding hydrogens is 230 g/mol. The van der Waals surface area contributed by atoms with E-state index in [0.29, 0.717) is 0 Å². The molecule has 1 aliphatic rings. The van der Waals surface area contributed by atoms with Crippen LogP contribution in [0.15, 0.2) is 22.7 Å². The quantitative estimate of drug-likeness (QED) is 0.758. The van der Waals surface area contributed by atoms with Gasteiger partial charge in [0.25, 0.3) is 0 Å². The Bertz CT molecular complexity index is 314. The van der Waals surface area contributed by atoms with E-state index in [9.17, 15) is 0 Å². The molecular formula is C10H12BrNO. The van der Waals surface area contributed by atoms with Crippen molar-refractivity contribution < 1.29 is 4.74 Å². The number of halogens is 1. The molecule has 0 bridgehead atoms. The van der Waals surface area contributed by atoms with Crippen molar-refractivity contribution in [2.45, 2.75) is 18.9 Å². The third kappa shape index (κ3) is 1.86. The fourth-order valence-corrected chi connectivity index (χ4v) is 1.92. The van der Waals surface area contributed by atoms with Gasteiger partial charge in [0, 0.05) is 16.1 Å². The monoisotopic (exact) mass is 241 g/mol. The summed E-state index contributed by atoms with van der Waals surface area (Å²) in [5, 5.41) is 0. The molecule has 0 saturated heterocycles. The van der Waals surface area contributed by atoms with Crippen molar-refractivity contribution >= 4 is 15.9 Å². The van der Waals surface area contributed by atoms with Gasteiger partial charge in [-0.25, -0.2) is 0 Å². The molecule has 0 radical (unpaired) electrons. The molecule has 2 N–H and O–H groups in total. The van der Waals surface area contributed by atoms with E-state index in [1.54, 1.807) is 0 Å². The minimum absolute atomic E-state index is 0.130. The first-order valence-corrected chi connectivity index (χ1v) is 5.24. The number of fused-ring (bicyclic) bond motifs is 1. The number of rotatable bonds is 0. The van der Waals surface area contributed by atoms with E-state index in [4.69, 9.17) is 10.5 Å². The van der Waals surface area contributed by atoms with Crippen LogP contribution in [0.25, 0.3) is 0 Å². The largest absolute Gasteiger partial charge is 0.493 e. The Labute approximate surface area is 86.2 Å². The average molecular weight is 242 g/mol. The van der Waals surface area contributed by atoms with Gasteiger partial charge in [-0.3, -0.25) is 0 Å². The van der Waals surface area contributed by atoms with Crippen molar-refractivity contribution in [3.63, 3.8) is 0 Å². The maximum atomic E-state index is 6.00. The second-order valence-corrected chi connectivity index (χ2v) is 4.20. The molecule has 0 aliphatic carbocycles. The van der Waals surface area contributed by atoms with Crippen molar-refractivity contribution in [2.24, 2.45) is 5.73 Å². The summed E-state index contributed by atoms with van der Waals surface area (Å²) in [6.07, 6.45) is 2.04. The molecule has 1 aromatic carbocycles. The van der Waals surface area contributed by atoms with Crippen molar-refractivity contribution in [1.82, 2.24) is 0 Å². The van der Waals surface area contributed by atoms with Crippen LogP contribution in [0.4, 0.5) is 0 Å². The van der Waals surface area contributed by atoms with E-state index in [1.807, 2.05) is 18.2 Å². The normalized spacial score (nSPS) is 21.5. The molecule has 13 heavy (non-hydrogen) atoms. The summed E-state index contributed by atoms with van der Waals surface area (Å²) in [7, 11) is 0. The van der Waals surface area contributed by atoms with Crippen LogP contribution in [0.1, 0.15) is 24.4 Å². The highest BCUT2D eigenvalue weighted by atomic mass is 79.9. The minimum Gasteiger partial charge on any atom is -0.493 e. The van der Waals surface area contributed by atoms with Gasteiger partial charge in [-0.15, -0.1) is 0 Å². The van der Waals surface area contributed by atoms with E-state index < -0.39 is 0 Å². The first kappa shape index (κ1) is 9.03. The first-order valence-electron chi connectivity index (χ1n) is 4.45.